The topological polar surface area (TPSA) is 98.5 Å². The molecule has 0 spiro atoms. The molecule has 43 heavy (non-hydrogen) atoms. The van der Waals surface area contributed by atoms with E-state index in [4.69, 9.17) is 30.2 Å². The zero-order chi connectivity index (χ0) is 29.9. The van der Waals surface area contributed by atoms with E-state index in [0.717, 1.165) is 18.4 Å². The maximum atomic E-state index is 14.0. The summed E-state index contributed by atoms with van der Waals surface area (Å²) in [5.74, 6) is -0.148. The summed E-state index contributed by atoms with van der Waals surface area (Å²) in [5, 5.41) is 0.682. The maximum absolute atomic E-state index is 14.0. The molecule has 0 aliphatic carbocycles. The van der Waals surface area contributed by atoms with Crippen LogP contribution < -0.4 is 14.9 Å². The molecule has 11 heteroatoms. The molecular formula is C32H28ClFN2O7. The summed E-state index contributed by atoms with van der Waals surface area (Å²) in [5.41, 5.74) is 1.30. The molecule has 3 heterocycles. The summed E-state index contributed by atoms with van der Waals surface area (Å²) in [6.07, 6.45) is 2.72. The minimum atomic E-state index is -0.469. The number of amides is 2. The van der Waals surface area contributed by atoms with Crippen LogP contribution in [-0.2, 0) is 22.6 Å². The van der Waals surface area contributed by atoms with Crippen LogP contribution in [0.3, 0.4) is 0 Å². The number of carbonyl (C=O) groups is 2. The van der Waals surface area contributed by atoms with E-state index < -0.39 is 17.6 Å². The number of halogens is 2. The van der Waals surface area contributed by atoms with Gasteiger partial charge in [0.2, 0.25) is 12.7 Å². The van der Waals surface area contributed by atoms with Crippen molar-refractivity contribution < 1.29 is 32.6 Å². The molecule has 0 radical (unpaired) electrons. The van der Waals surface area contributed by atoms with E-state index in [2.05, 4.69) is 0 Å². The molecule has 3 aromatic carbocycles. The number of ether oxygens (including phenoxy) is 3. The first-order chi connectivity index (χ1) is 20.8. The highest BCUT2D eigenvalue weighted by Gasteiger charge is 2.28. The highest BCUT2D eigenvalue weighted by molar-refractivity contribution is 6.31. The van der Waals surface area contributed by atoms with Gasteiger partial charge in [-0.05, 0) is 73.0 Å². The molecule has 1 fully saturated rings. The minimum Gasteiger partial charge on any atom is -0.464 e. The van der Waals surface area contributed by atoms with Crippen LogP contribution in [0, 0.1) is 5.82 Å². The molecule has 9 nitrogen and oxygen atoms in total. The maximum Gasteiger partial charge on any atom is 0.254 e. The SMILES string of the molecule is O=C(CN(CC1CCCO1)C(=O)c1ccc(F)cc1)N(Cc1ccc2c(c1)OCO2)Cc1coc2ccc(Cl)cc2c1=O. The Morgan fingerprint density at radius 1 is 0.953 bits per heavy atom. The van der Waals surface area contributed by atoms with Crippen LogP contribution >= 0.6 is 11.6 Å². The summed E-state index contributed by atoms with van der Waals surface area (Å²) in [7, 11) is 0. The van der Waals surface area contributed by atoms with Gasteiger partial charge in [0.25, 0.3) is 5.91 Å². The number of rotatable bonds is 9. The van der Waals surface area contributed by atoms with Gasteiger partial charge in [-0.2, -0.15) is 0 Å². The lowest BCUT2D eigenvalue weighted by Crippen LogP contribution is -2.45. The monoisotopic (exact) mass is 606 g/mol. The Morgan fingerprint density at radius 3 is 2.56 bits per heavy atom. The highest BCUT2D eigenvalue weighted by atomic mass is 35.5. The summed E-state index contributed by atoms with van der Waals surface area (Å²) in [6, 6.07) is 15.3. The summed E-state index contributed by atoms with van der Waals surface area (Å²) in [4.78, 5) is 43.9. The van der Waals surface area contributed by atoms with E-state index >= 15 is 0 Å². The van der Waals surface area contributed by atoms with Crippen molar-refractivity contribution in [2.45, 2.75) is 32.0 Å². The number of hydrogen-bond acceptors (Lipinski definition) is 7. The molecule has 2 aliphatic heterocycles. The predicted octanol–water partition coefficient (Wildman–Crippen LogP) is 5.16. The molecule has 1 aromatic heterocycles. The Balaban J connectivity index is 1.31. The molecule has 2 aliphatic rings. The third kappa shape index (κ3) is 6.50. The molecule has 4 aromatic rings. The molecule has 1 atom stereocenters. The fourth-order valence-corrected chi connectivity index (χ4v) is 5.41. The fraction of sp³-hybridized carbons (Fsp3) is 0.281. The van der Waals surface area contributed by atoms with Crippen molar-refractivity contribution in [2.24, 2.45) is 0 Å². The summed E-state index contributed by atoms with van der Waals surface area (Å²) < 4.78 is 36.0. The van der Waals surface area contributed by atoms with Gasteiger partial charge in [-0.3, -0.25) is 14.4 Å². The van der Waals surface area contributed by atoms with Gasteiger partial charge in [0.15, 0.2) is 16.9 Å². The Kier molecular flexibility index (Phi) is 8.31. The van der Waals surface area contributed by atoms with Gasteiger partial charge >= 0.3 is 0 Å². The van der Waals surface area contributed by atoms with E-state index in [-0.39, 0.29) is 55.6 Å². The van der Waals surface area contributed by atoms with Crippen LogP contribution in [0.5, 0.6) is 11.5 Å². The number of hydrogen-bond donors (Lipinski definition) is 0. The third-order valence-electron chi connectivity index (χ3n) is 7.48. The van der Waals surface area contributed by atoms with Crippen molar-refractivity contribution in [3.05, 3.63) is 105 Å². The average molecular weight is 607 g/mol. The largest absolute Gasteiger partial charge is 0.464 e. The molecule has 1 saturated heterocycles. The van der Waals surface area contributed by atoms with Crippen LogP contribution in [0.25, 0.3) is 11.0 Å². The molecule has 6 rings (SSSR count). The van der Waals surface area contributed by atoms with Gasteiger partial charge in [-0.15, -0.1) is 0 Å². The average Bonchev–Trinajstić information content (AvgIpc) is 3.70. The fourth-order valence-electron chi connectivity index (χ4n) is 5.24. The van der Waals surface area contributed by atoms with E-state index in [1.807, 2.05) is 6.07 Å². The second-order valence-corrected chi connectivity index (χ2v) is 10.9. The molecule has 0 saturated carbocycles. The van der Waals surface area contributed by atoms with Crippen molar-refractivity contribution in [1.82, 2.24) is 9.80 Å². The second kappa shape index (κ2) is 12.4. The van der Waals surface area contributed by atoms with Gasteiger partial charge in [-0.25, -0.2) is 4.39 Å². The van der Waals surface area contributed by atoms with E-state index in [0.29, 0.717) is 34.1 Å². The van der Waals surface area contributed by atoms with Gasteiger partial charge < -0.3 is 28.4 Å². The zero-order valence-corrected chi connectivity index (χ0v) is 23.8. The van der Waals surface area contributed by atoms with Crippen LogP contribution in [0.2, 0.25) is 5.02 Å². The number of benzene rings is 3. The molecular weight excluding hydrogens is 579 g/mol. The normalized spacial score (nSPS) is 15.5. The van der Waals surface area contributed by atoms with Gasteiger partial charge in [-0.1, -0.05) is 17.7 Å². The third-order valence-corrected chi connectivity index (χ3v) is 7.72. The lowest BCUT2D eigenvalue weighted by molar-refractivity contribution is -0.133. The Hall–Kier alpha value is -4.41. The van der Waals surface area contributed by atoms with Crippen molar-refractivity contribution in [3.8, 4) is 11.5 Å². The van der Waals surface area contributed by atoms with Gasteiger partial charge in [0.05, 0.1) is 29.9 Å². The smallest absolute Gasteiger partial charge is 0.254 e. The Bertz CT molecular complexity index is 1720. The second-order valence-electron chi connectivity index (χ2n) is 10.5. The highest BCUT2D eigenvalue weighted by Crippen LogP contribution is 2.33. The Morgan fingerprint density at radius 2 is 1.77 bits per heavy atom. The lowest BCUT2D eigenvalue weighted by Gasteiger charge is -2.29. The van der Waals surface area contributed by atoms with Gasteiger partial charge in [0, 0.05) is 30.3 Å². The number of nitrogens with zero attached hydrogens (tertiary/aromatic N) is 2. The molecule has 222 valence electrons. The predicted molar refractivity (Wildman–Crippen MR) is 156 cm³/mol. The van der Waals surface area contributed by atoms with Crippen molar-refractivity contribution in [2.75, 3.05) is 26.5 Å². The summed E-state index contributed by atoms with van der Waals surface area (Å²) in [6.45, 7) is 0.611. The van der Waals surface area contributed by atoms with Crippen molar-refractivity contribution in [1.29, 1.82) is 0 Å². The van der Waals surface area contributed by atoms with E-state index in [1.54, 1.807) is 24.3 Å². The van der Waals surface area contributed by atoms with Crippen LogP contribution in [0.1, 0.15) is 34.3 Å². The van der Waals surface area contributed by atoms with Crippen molar-refractivity contribution >= 4 is 34.4 Å². The van der Waals surface area contributed by atoms with Crippen LogP contribution in [-0.4, -0.2) is 54.2 Å². The van der Waals surface area contributed by atoms with Gasteiger partial charge in [0.1, 0.15) is 17.9 Å². The lowest BCUT2D eigenvalue weighted by atomic mass is 10.1. The first kappa shape index (κ1) is 28.7. The van der Waals surface area contributed by atoms with Crippen LogP contribution in [0.4, 0.5) is 4.39 Å². The Labute approximate surface area is 251 Å². The van der Waals surface area contributed by atoms with E-state index in [9.17, 15) is 18.8 Å². The molecule has 0 bridgehead atoms. The van der Waals surface area contributed by atoms with Crippen LogP contribution in [0.15, 0.2) is 76.1 Å². The molecule has 2 amide bonds. The summed E-state index contributed by atoms with van der Waals surface area (Å²) >= 11 is 6.13. The molecule has 0 N–H and O–H groups in total. The zero-order valence-electron chi connectivity index (χ0n) is 23.1. The molecule has 1 unspecified atom stereocenters. The number of fused-ring (bicyclic) bond motifs is 2. The standard InChI is InChI=1S/C32H28ClFN2O7/c33-23-6-10-27-26(13-23)31(38)22(18-41-27)15-35(14-20-3-9-28-29(12-20)43-19-42-28)30(37)17-36(16-25-2-1-11-40-25)32(39)21-4-7-24(34)8-5-21/h3-10,12-13,18,25H,1-2,11,14-17,19H2. The van der Waals surface area contributed by atoms with E-state index in [1.165, 1.54) is 46.4 Å². The van der Waals surface area contributed by atoms with Crippen molar-refractivity contribution in [3.63, 3.8) is 0 Å². The minimum absolute atomic E-state index is 0.0867. The first-order valence-electron chi connectivity index (χ1n) is 13.9. The number of carbonyl (C=O) groups excluding carboxylic acids is 2. The quantitative estimate of drug-likeness (QED) is 0.259. The first-order valence-corrected chi connectivity index (χ1v) is 14.2.